The second kappa shape index (κ2) is 4.83. The zero-order valence-electron chi connectivity index (χ0n) is 11.3. The van der Waals surface area contributed by atoms with Gasteiger partial charge in [0.15, 0.2) is 0 Å². The lowest BCUT2D eigenvalue weighted by molar-refractivity contribution is -0.115. The van der Waals surface area contributed by atoms with Crippen molar-refractivity contribution in [2.24, 2.45) is 0 Å². The molecule has 5 nitrogen and oxygen atoms in total. The van der Waals surface area contributed by atoms with Crippen LogP contribution in [0.2, 0.25) is 0 Å². The number of benzene rings is 1. The molecular weight excluding hydrogens is 258 g/mol. The van der Waals surface area contributed by atoms with E-state index in [1.54, 1.807) is 4.90 Å². The molecule has 0 atom stereocenters. The van der Waals surface area contributed by atoms with Crippen molar-refractivity contribution in [1.82, 2.24) is 4.90 Å². The van der Waals surface area contributed by atoms with Crippen LogP contribution in [0.1, 0.15) is 12.5 Å². The fourth-order valence-corrected chi connectivity index (χ4v) is 2.61. The first kappa shape index (κ1) is 13.0. The predicted octanol–water partition coefficient (Wildman–Crippen LogP) is 2.24. The van der Waals surface area contributed by atoms with Crippen molar-refractivity contribution < 1.29 is 19.4 Å². The molecule has 1 N–H and O–H groups in total. The number of hydrogen-bond acceptors (Lipinski definition) is 4. The van der Waals surface area contributed by atoms with Crippen LogP contribution >= 0.6 is 0 Å². The van der Waals surface area contributed by atoms with E-state index in [9.17, 15) is 9.90 Å². The molecule has 0 bridgehead atoms. The second-order valence-corrected chi connectivity index (χ2v) is 5.28. The molecule has 1 aromatic carbocycles. The Bertz CT molecular complexity index is 548. The molecule has 0 aliphatic carbocycles. The van der Waals surface area contributed by atoms with E-state index < -0.39 is 11.6 Å². The van der Waals surface area contributed by atoms with E-state index in [1.165, 1.54) is 0 Å². The molecule has 3 rings (SSSR count). The Hall–Kier alpha value is -2.01. The molecule has 0 saturated carbocycles. The van der Waals surface area contributed by atoms with Crippen LogP contribution in [0.15, 0.2) is 41.7 Å². The lowest BCUT2D eigenvalue weighted by Crippen LogP contribution is -2.62. The molecule has 1 amide bonds. The van der Waals surface area contributed by atoms with E-state index in [1.807, 2.05) is 37.3 Å². The Morgan fingerprint density at radius 2 is 2.10 bits per heavy atom. The fourth-order valence-electron chi connectivity index (χ4n) is 2.61. The van der Waals surface area contributed by atoms with Crippen LogP contribution in [0, 0.1) is 0 Å². The second-order valence-electron chi connectivity index (χ2n) is 5.28. The van der Waals surface area contributed by atoms with Gasteiger partial charge in [-0.3, -0.25) is 4.90 Å². The van der Waals surface area contributed by atoms with Crippen LogP contribution in [0.25, 0.3) is 0 Å². The number of amides is 1. The van der Waals surface area contributed by atoms with Crippen molar-refractivity contribution in [1.29, 1.82) is 0 Å². The van der Waals surface area contributed by atoms with Gasteiger partial charge in [-0.2, -0.15) is 0 Å². The lowest BCUT2D eigenvalue weighted by atomic mass is 9.95. The molecule has 2 aliphatic rings. The molecule has 1 saturated heterocycles. The van der Waals surface area contributed by atoms with Crippen molar-refractivity contribution in [3.8, 4) is 0 Å². The van der Waals surface area contributed by atoms with Gasteiger partial charge in [0.1, 0.15) is 17.9 Å². The van der Waals surface area contributed by atoms with Crippen LogP contribution in [0.3, 0.4) is 0 Å². The molecule has 0 radical (unpaired) electrons. The summed E-state index contributed by atoms with van der Waals surface area (Å²) in [5, 5.41) is 10.1. The van der Waals surface area contributed by atoms with E-state index in [-0.39, 0.29) is 12.4 Å². The van der Waals surface area contributed by atoms with Crippen LogP contribution in [-0.2, 0) is 16.1 Å². The average molecular weight is 275 g/mol. The number of carbonyl (C=O) groups excluding carboxylic acids is 1. The number of hydrogen-bond donors (Lipinski definition) is 1. The van der Waals surface area contributed by atoms with E-state index in [4.69, 9.17) is 9.47 Å². The highest BCUT2D eigenvalue weighted by atomic mass is 16.6. The third-order valence-electron chi connectivity index (χ3n) is 3.86. The maximum atomic E-state index is 12.2. The highest BCUT2D eigenvalue weighted by Gasteiger charge is 2.55. The van der Waals surface area contributed by atoms with Gasteiger partial charge in [-0.05, 0) is 18.1 Å². The Labute approximate surface area is 117 Å². The molecule has 0 unspecified atom stereocenters. The summed E-state index contributed by atoms with van der Waals surface area (Å²) in [4.78, 5) is 13.8. The molecule has 0 aromatic heterocycles. The minimum Gasteiger partial charge on any atom is -0.510 e. The highest BCUT2D eigenvalue weighted by molar-refractivity contribution is 5.71. The Morgan fingerprint density at radius 1 is 1.40 bits per heavy atom. The molecule has 2 aliphatic heterocycles. The Morgan fingerprint density at radius 3 is 2.70 bits per heavy atom. The van der Waals surface area contributed by atoms with Gasteiger partial charge < -0.3 is 14.6 Å². The van der Waals surface area contributed by atoms with Gasteiger partial charge in [0, 0.05) is 6.54 Å². The quantitative estimate of drug-likeness (QED) is 0.899. The lowest BCUT2D eigenvalue weighted by Gasteiger charge is -2.44. The van der Waals surface area contributed by atoms with Gasteiger partial charge in [-0.1, -0.05) is 30.3 Å². The molecule has 2 heterocycles. The highest BCUT2D eigenvalue weighted by Crippen LogP contribution is 2.39. The summed E-state index contributed by atoms with van der Waals surface area (Å²) in [5.74, 6) is 0.250. The first-order valence-electron chi connectivity index (χ1n) is 6.59. The smallest absolute Gasteiger partial charge is 0.411 e. The maximum Gasteiger partial charge on any atom is 0.411 e. The molecule has 1 aromatic rings. The molecule has 20 heavy (non-hydrogen) atoms. The van der Waals surface area contributed by atoms with E-state index in [0.29, 0.717) is 19.8 Å². The molecular formula is C15H17NO4. The summed E-state index contributed by atoms with van der Waals surface area (Å²) in [6.07, 6.45) is -0.416. The monoisotopic (exact) mass is 275 g/mol. The standard InChI is InChI=1S/C15H17NO4/c1-11-7-16(15(13(11)17)9-19-10-15)14(18)20-8-12-5-3-2-4-6-12/h2-6,17H,7-10H2,1H3. The summed E-state index contributed by atoms with van der Waals surface area (Å²) in [6.45, 7) is 3.10. The maximum absolute atomic E-state index is 12.2. The average Bonchev–Trinajstić information content (AvgIpc) is 2.70. The minimum atomic E-state index is -0.697. The third-order valence-corrected chi connectivity index (χ3v) is 3.86. The SMILES string of the molecule is CC1=C(O)C2(COC2)N(C(=O)OCc2ccccc2)C1. The predicted molar refractivity (Wildman–Crippen MR) is 72.2 cm³/mol. The third kappa shape index (κ3) is 1.94. The van der Waals surface area contributed by atoms with Crippen molar-refractivity contribution >= 4 is 6.09 Å². The van der Waals surface area contributed by atoms with Crippen LogP contribution in [0.5, 0.6) is 0 Å². The summed E-state index contributed by atoms with van der Waals surface area (Å²) < 4.78 is 10.5. The first-order chi connectivity index (χ1) is 9.63. The molecule has 5 heteroatoms. The van der Waals surface area contributed by atoms with Gasteiger partial charge in [-0.25, -0.2) is 4.79 Å². The van der Waals surface area contributed by atoms with E-state index in [2.05, 4.69) is 0 Å². The van der Waals surface area contributed by atoms with Gasteiger partial charge in [0.25, 0.3) is 0 Å². The normalized spacial score (nSPS) is 20.1. The summed E-state index contributed by atoms with van der Waals surface area (Å²) in [7, 11) is 0. The first-order valence-corrected chi connectivity index (χ1v) is 6.59. The van der Waals surface area contributed by atoms with Crippen molar-refractivity contribution in [2.45, 2.75) is 19.1 Å². The zero-order valence-corrected chi connectivity index (χ0v) is 11.3. The number of aliphatic hydroxyl groups is 1. The van der Waals surface area contributed by atoms with Crippen LogP contribution in [0.4, 0.5) is 4.79 Å². The summed E-state index contributed by atoms with van der Waals surface area (Å²) in [6, 6.07) is 9.52. The van der Waals surface area contributed by atoms with Crippen molar-refractivity contribution in [2.75, 3.05) is 19.8 Å². The zero-order chi connectivity index (χ0) is 14.2. The van der Waals surface area contributed by atoms with E-state index >= 15 is 0 Å². The minimum absolute atomic E-state index is 0.229. The number of aliphatic hydroxyl groups excluding tert-OH is 1. The Balaban J connectivity index is 1.67. The fraction of sp³-hybridized carbons (Fsp3) is 0.400. The van der Waals surface area contributed by atoms with Crippen LogP contribution in [-0.4, -0.2) is 41.4 Å². The number of nitrogens with zero attached hydrogens (tertiary/aromatic N) is 1. The summed E-state index contributed by atoms with van der Waals surface area (Å²) >= 11 is 0. The molecule has 1 fully saturated rings. The van der Waals surface area contributed by atoms with E-state index in [0.717, 1.165) is 11.1 Å². The van der Waals surface area contributed by atoms with Gasteiger partial charge in [-0.15, -0.1) is 0 Å². The topological polar surface area (TPSA) is 59.0 Å². The van der Waals surface area contributed by atoms with Gasteiger partial charge >= 0.3 is 6.09 Å². The van der Waals surface area contributed by atoms with Gasteiger partial charge in [0.05, 0.1) is 13.2 Å². The summed E-state index contributed by atoms with van der Waals surface area (Å²) in [5.41, 5.74) is 1.04. The molecule has 106 valence electrons. The van der Waals surface area contributed by atoms with Gasteiger partial charge in [0.2, 0.25) is 0 Å². The van der Waals surface area contributed by atoms with Crippen LogP contribution < -0.4 is 0 Å². The number of rotatable bonds is 2. The largest absolute Gasteiger partial charge is 0.510 e. The molecule has 1 spiro atoms. The van der Waals surface area contributed by atoms with Crippen molar-refractivity contribution in [3.63, 3.8) is 0 Å². The Kier molecular flexibility index (Phi) is 3.14. The number of carbonyl (C=O) groups is 1. The number of ether oxygens (including phenoxy) is 2. The van der Waals surface area contributed by atoms with Crippen molar-refractivity contribution in [3.05, 3.63) is 47.2 Å².